The van der Waals surface area contributed by atoms with E-state index in [1.54, 1.807) is 0 Å². The molecule has 3 aliphatic heterocycles. The van der Waals surface area contributed by atoms with Crippen molar-refractivity contribution in [1.82, 2.24) is 36.5 Å². The van der Waals surface area contributed by atoms with Gasteiger partial charge in [-0.3, -0.25) is 33.7 Å². The van der Waals surface area contributed by atoms with Crippen LogP contribution in [0.2, 0.25) is 0 Å². The first kappa shape index (κ1) is 60.0. The Hall–Kier alpha value is -6.24. The molecular weight excluding hydrogens is 1020 g/mol. The van der Waals surface area contributed by atoms with Crippen molar-refractivity contribution in [2.24, 2.45) is 0 Å². The van der Waals surface area contributed by atoms with Crippen LogP contribution >= 0.6 is 0 Å². The molecule has 3 saturated heterocycles. The van der Waals surface area contributed by atoms with Crippen LogP contribution in [-0.2, 0) is 62.1 Å². The fourth-order valence-electron chi connectivity index (χ4n) is 8.88. The lowest BCUT2D eigenvalue weighted by Crippen LogP contribution is -2.57. The summed E-state index contributed by atoms with van der Waals surface area (Å²) in [5.41, 5.74) is 3.90. The first-order chi connectivity index (χ1) is 36.8. The molecule has 11 N–H and O–H groups in total. The van der Waals surface area contributed by atoms with Crippen molar-refractivity contribution in [1.29, 1.82) is 0 Å². The van der Waals surface area contributed by atoms with E-state index in [1.807, 2.05) is 48.5 Å². The third-order valence-corrected chi connectivity index (χ3v) is 13.1. The molecule has 0 saturated carbocycles. The Bertz CT molecular complexity index is 2260. The Morgan fingerprint density at radius 1 is 0.623 bits per heavy atom. The third-order valence-electron chi connectivity index (χ3n) is 13.1. The van der Waals surface area contributed by atoms with Crippen LogP contribution in [0.3, 0.4) is 0 Å². The highest BCUT2D eigenvalue weighted by molar-refractivity contribution is 6.02. The number of alkyl carbamates (subject to hydrolysis) is 1. The van der Waals surface area contributed by atoms with E-state index in [0.29, 0.717) is 24.3 Å². The molecule has 0 unspecified atom stereocenters. The van der Waals surface area contributed by atoms with Gasteiger partial charge < -0.3 is 85.7 Å². The zero-order chi connectivity index (χ0) is 55.8. The molecule has 6 rings (SSSR count). The van der Waals surface area contributed by atoms with Gasteiger partial charge in [0.15, 0.2) is 12.6 Å². The monoisotopic (exact) mass is 1090 g/mol. The summed E-state index contributed by atoms with van der Waals surface area (Å²) in [5.74, 6) is -5.26. The standard InChI is InChI=1S/C50H69N7O20/c1-27-41(64)43(66)45(68)48(75-27)72-20-18-52-37(60)24-56(25-38(61)53-19-21-73-49-46(69)44(67)42(65)28(2)76-49)23-36(59)51-17-9-3-4-14-35(58)54-22-34(47(70)77-57-39(62)15-16-40(57)63)55-50(71)74-26-33-31-12-7-5-10-29(31)30-11-6-8-13-32(30)33/h5-8,10-13,27-28,33-34,41-46,48-49,64-69H,3-4,9,14-26H2,1-2H3,(H,51,59)(H,52,60)(H,53,61)(H,54,58)(H,55,71)/t27-,28-,34+,41+,42+,43+,44+,45-,46-,48+,49+/m0/s1. The highest BCUT2D eigenvalue weighted by atomic mass is 16.7. The highest BCUT2D eigenvalue weighted by Crippen LogP contribution is 2.44. The molecule has 0 aromatic heterocycles. The summed E-state index contributed by atoms with van der Waals surface area (Å²) in [4.78, 5) is 109. The SMILES string of the molecule is C[C@@H]1O[C@@H](OCCNC(=O)CN(CC(=O)NCCCCCC(=O)NC[C@@H](NC(=O)OCC2c3ccccc3-c3ccccc32)C(=O)ON2C(=O)CCC2=O)CC(=O)NCCO[C@@H]2O[C@@H](C)[C@@H](O)[C@@H](O)[C@@H]2O)[C@@H](O)[C@H](O)[C@@H]1O. The Kier molecular flexibility index (Phi) is 22.5. The van der Waals surface area contributed by atoms with E-state index < -0.39 is 141 Å². The van der Waals surface area contributed by atoms with Gasteiger partial charge in [0, 0.05) is 51.4 Å². The minimum Gasteiger partial charge on any atom is -0.449 e. The average molecular weight is 1090 g/mol. The van der Waals surface area contributed by atoms with E-state index in [4.69, 9.17) is 28.5 Å². The van der Waals surface area contributed by atoms with E-state index in [-0.39, 0.29) is 64.6 Å². The molecule has 4 aliphatic rings. The van der Waals surface area contributed by atoms with Crippen molar-refractivity contribution >= 4 is 47.5 Å². The van der Waals surface area contributed by atoms with Crippen LogP contribution in [0.25, 0.3) is 11.1 Å². The van der Waals surface area contributed by atoms with Crippen LogP contribution in [-0.4, -0.2) is 221 Å². The Balaban J connectivity index is 0.929. The number of hydrogen-bond donors (Lipinski definition) is 11. The molecule has 2 aromatic carbocycles. The summed E-state index contributed by atoms with van der Waals surface area (Å²) < 4.78 is 27.2. The second-order valence-corrected chi connectivity index (χ2v) is 18.9. The maximum atomic E-state index is 13.2. The highest BCUT2D eigenvalue weighted by Gasteiger charge is 2.44. The van der Waals surface area contributed by atoms with E-state index in [2.05, 4.69) is 26.6 Å². The maximum Gasteiger partial charge on any atom is 0.407 e. The molecule has 7 amide bonds. The van der Waals surface area contributed by atoms with Crippen molar-refractivity contribution < 1.29 is 97.5 Å². The summed E-state index contributed by atoms with van der Waals surface area (Å²) in [6.45, 7) is 0.686. The number of nitrogens with one attached hydrogen (secondary N) is 5. The lowest BCUT2D eigenvalue weighted by Gasteiger charge is -2.38. The molecule has 2 aromatic rings. The molecule has 11 atom stereocenters. The van der Waals surface area contributed by atoms with Crippen molar-refractivity contribution in [2.45, 2.75) is 126 Å². The largest absolute Gasteiger partial charge is 0.449 e. The Morgan fingerprint density at radius 3 is 1.61 bits per heavy atom. The van der Waals surface area contributed by atoms with Gasteiger partial charge in [-0.15, -0.1) is 5.06 Å². The maximum absolute atomic E-state index is 13.2. The summed E-state index contributed by atoms with van der Waals surface area (Å²) in [6, 6.07) is 13.8. The van der Waals surface area contributed by atoms with Crippen LogP contribution in [0.5, 0.6) is 0 Å². The molecule has 3 heterocycles. The van der Waals surface area contributed by atoms with Crippen LogP contribution in [0.15, 0.2) is 48.5 Å². The fourth-order valence-corrected chi connectivity index (χ4v) is 8.88. The normalized spacial score (nSPS) is 25.3. The number of hydroxylamine groups is 2. The molecule has 1 aliphatic carbocycles. The number of amides is 7. The number of aliphatic hydroxyl groups is 6. The van der Waals surface area contributed by atoms with Gasteiger partial charge in [-0.05, 0) is 48.9 Å². The number of aliphatic hydroxyl groups excluding tert-OH is 6. The number of hydrogen-bond acceptors (Lipinski definition) is 21. The Labute approximate surface area is 442 Å². The van der Waals surface area contributed by atoms with Gasteiger partial charge in [-0.1, -0.05) is 55.0 Å². The molecular formula is C50H69N7O20. The van der Waals surface area contributed by atoms with Crippen LogP contribution in [0.4, 0.5) is 4.79 Å². The predicted octanol–water partition coefficient (Wildman–Crippen LogP) is -3.48. The number of imide groups is 1. The van der Waals surface area contributed by atoms with Crippen molar-refractivity contribution in [3.05, 3.63) is 59.7 Å². The lowest BCUT2D eigenvalue weighted by atomic mass is 9.98. The summed E-state index contributed by atoms with van der Waals surface area (Å²) in [6.07, 6.45) is -13.3. The number of benzene rings is 2. The quantitative estimate of drug-likeness (QED) is 0.0306. The van der Waals surface area contributed by atoms with Crippen LogP contribution in [0.1, 0.15) is 69.4 Å². The van der Waals surface area contributed by atoms with Gasteiger partial charge in [0.2, 0.25) is 23.6 Å². The number of unbranched alkanes of at least 4 members (excludes halogenated alkanes) is 2. The molecule has 77 heavy (non-hydrogen) atoms. The van der Waals surface area contributed by atoms with Gasteiger partial charge >= 0.3 is 12.1 Å². The molecule has 3 fully saturated rings. The van der Waals surface area contributed by atoms with Gasteiger partial charge in [-0.2, -0.15) is 0 Å². The van der Waals surface area contributed by atoms with Gasteiger partial charge in [0.25, 0.3) is 11.8 Å². The molecule has 424 valence electrons. The van der Waals surface area contributed by atoms with Crippen molar-refractivity contribution in [2.75, 3.05) is 65.6 Å². The third kappa shape index (κ3) is 16.9. The topological polar surface area (TPSA) is 380 Å². The molecule has 0 bridgehead atoms. The van der Waals surface area contributed by atoms with E-state index in [1.165, 1.54) is 18.7 Å². The van der Waals surface area contributed by atoms with E-state index >= 15 is 0 Å². The smallest absolute Gasteiger partial charge is 0.407 e. The number of carbonyl (C=O) groups excluding carboxylic acids is 8. The average Bonchev–Trinajstić information content (AvgIpc) is 3.91. The van der Waals surface area contributed by atoms with Crippen LogP contribution < -0.4 is 26.6 Å². The minimum atomic E-state index is -1.56. The van der Waals surface area contributed by atoms with Gasteiger partial charge in [0.05, 0.1) is 45.1 Å². The second kappa shape index (κ2) is 28.9. The first-order valence-electron chi connectivity index (χ1n) is 25.4. The molecule has 0 radical (unpaired) electrons. The molecule has 27 nitrogen and oxygen atoms in total. The van der Waals surface area contributed by atoms with E-state index in [0.717, 1.165) is 22.3 Å². The lowest BCUT2D eigenvalue weighted by molar-refractivity contribution is -0.292. The van der Waals surface area contributed by atoms with Crippen LogP contribution in [0, 0.1) is 0 Å². The predicted molar refractivity (Wildman–Crippen MR) is 263 cm³/mol. The zero-order valence-corrected chi connectivity index (χ0v) is 42.7. The molecule has 0 spiro atoms. The van der Waals surface area contributed by atoms with E-state index in [9.17, 15) is 69.0 Å². The van der Waals surface area contributed by atoms with Crippen molar-refractivity contribution in [3.63, 3.8) is 0 Å². The number of nitrogens with zero attached hydrogens (tertiary/aromatic N) is 2. The number of rotatable bonds is 27. The molecule has 27 heteroatoms. The zero-order valence-electron chi connectivity index (χ0n) is 42.7. The first-order valence-corrected chi connectivity index (χ1v) is 25.4. The second-order valence-electron chi connectivity index (χ2n) is 18.9. The number of fused-ring (bicyclic) bond motifs is 3. The minimum absolute atomic E-state index is 0.0330. The van der Waals surface area contributed by atoms with Crippen molar-refractivity contribution in [3.8, 4) is 11.1 Å². The number of carbonyl (C=O) groups is 8. The van der Waals surface area contributed by atoms with Gasteiger partial charge in [0.1, 0.15) is 49.3 Å². The summed E-state index contributed by atoms with van der Waals surface area (Å²) in [7, 11) is 0. The number of ether oxygens (including phenoxy) is 5. The summed E-state index contributed by atoms with van der Waals surface area (Å²) >= 11 is 0. The Morgan fingerprint density at radius 2 is 1.10 bits per heavy atom. The fraction of sp³-hybridized carbons (Fsp3) is 0.600. The van der Waals surface area contributed by atoms with Gasteiger partial charge in [-0.25, -0.2) is 9.59 Å². The summed E-state index contributed by atoms with van der Waals surface area (Å²) in [5, 5.41) is 73.4.